The van der Waals surface area contributed by atoms with E-state index >= 15 is 0 Å². The third-order valence-corrected chi connectivity index (χ3v) is 6.45. The van der Waals surface area contributed by atoms with Gasteiger partial charge in [-0.2, -0.15) is 18.3 Å². The van der Waals surface area contributed by atoms with Crippen molar-refractivity contribution in [1.82, 2.24) is 25.1 Å². The molecule has 0 spiro atoms. The Morgan fingerprint density at radius 1 is 1.32 bits per heavy atom. The fourth-order valence-corrected chi connectivity index (χ4v) is 4.54. The summed E-state index contributed by atoms with van der Waals surface area (Å²) in [7, 11) is 0. The summed E-state index contributed by atoms with van der Waals surface area (Å²) in [6.07, 6.45) is -3.03. The maximum atomic E-state index is 13.5. The summed E-state index contributed by atoms with van der Waals surface area (Å²) < 4.78 is 40.5. The standard InChI is InChI=1S/C21H22F3N5OS/c1-12-15(13(2)28-27-12)9-19(30)29-7-3-5-14(11-29)20-25-16(17-6-4-8-31-17)10-18(26-20)21(22,23)24/h4,6,8,10,14H,3,5,7,9,11H2,1-2H3,(H,27,28)/t14-/m0/s1. The number of hydrogen-bond acceptors (Lipinski definition) is 5. The van der Waals surface area contributed by atoms with E-state index in [1.165, 1.54) is 11.3 Å². The number of alkyl halides is 3. The monoisotopic (exact) mass is 449 g/mol. The lowest BCUT2D eigenvalue weighted by atomic mass is 9.96. The minimum atomic E-state index is -4.57. The number of H-pyrrole nitrogens is 1. The number of amides is 1. The van der Waals surface area contributed by atoms with Crippen LogP contribution in [-0.4, -0.2) is 44.1 Å². The fourth-order valence-electron chi connectivity index (χ4n) is 3.86. The number of piperidine rings is 1. The third kappa shape index (κ3) is 4.63. The Morgan fingerprint density at radius 3 is 2.77 bits per heavy atom. The van der Waals surface area contributed by atoms with E-state index in [0.29, 0.717) is 30.8 Å². The first-order valence-corrected chi connectivity index (χ1v) is 10.9. The Balaban J connectivity index is 1.59. The van der Waals surface area contributed by atoms with Gasteiger partial charge in [0.2, 0.25) is 5.91 Å². The zero-order chi connectivity index (χ0) is 22.2. The largest absolute Gasteiger partial charge is 0.433 e. The van der Waals surface area contributed by atoms with Crippen LogP contribution in [0, 0.1) is 13.8 Å². The van der Waals surface area contributed by atoms with E-state index in [1.807, 2.05) is 13.8 Å². The minimum Gasteiger partial charge on any atom is -0.342 e. The van der Waals surface area contributed by atoms with Crippen molar-refractivity contribution in [3.63, 3.8) is 0 Å². The molecule has 6 nitrogen and oxygen atoms in total. The number of aryl methyl sites for hydroxylation is 2. The fraction of sp³-hybridized carbons (Fsp3) is 0.429. The van der Waals surface area contributed by atoms with Crippen LogP contribution >= 0.6 is 11.3 Å². The zero-order valence-corrected chi connectivity index (χ0v) is 18.0. The molecule has 0 bridgehead atoms. The molecule has 3 aromatic rings. The maximum Gasteiger partial charge on any atom is 0.433 e. The average Bonchev–Trinajstić information content (AvgIpc) is 3.39. The minimum absolute atomic E-state index is 0.0669. The molecule has 0 aromatic carbocycles. The molecule has 31 heavy (non-hydrogen) atoms. The Labute approximate surface area is 181 Å². The van der Waals surface area contributed by atoms with Gasteiger partial charge < -0.3 is 4.90 Å². The van der Waals surface area contributed by atoms with Crippen LogP contribution in [0.5, 0.6) is 0 Å². The SMILES string of the molecule is Cc1n[nH]c(C)c1CC(=O)N1CCC[C@H](c2nc(-c3cccs3)cc(C(F)(F)F)n2)C1. The lowest BCUT2D eigenvalue weighted by molar-refractivity contribution is -0.141. The molecule has 10 heteroatoms. The van der Waals surface area contributed by atoms with Crippen LogP contribution in [0.15, 0.2) is 23.6 Å². The molecule has 4 heterocycles. The van der Waals surface area contributed by atoms with E-state index in [0.717, 1.165) is 23.0 Å². The van der Waals surface area contributed by atoms with E-state index in [2.05, 4.69) is 20.2 Å². The van der Waals surface area contributed by atoms with Gasteiger partial charge >= 0.3 is 6.18 Å². The molecule has 4 rings (SSSR count). The first kappa shape index (κ1) is 21.5. The van der Waals surface area contributed by atoms with E-state index < -0.39 is 11.9 Å². The van der Waals surface area contributed by atoms with Gasteiger partial charge in [0.1, 0.15) is 11.5 Å². The van der Waals surface area contributed by atoms with Gasteiger partial charge in [0.05, 0.1) is 22.7 Å². The summed E-state index contributed by atoms with van der Waals surface area (Å²) in [6, 6.07) is 4.50. The molecule has 1 aliphatic rings. The van der Waals surface area contributed by atoms with Crippen molar-refractivity contribution in [2.45, 2.75) is 45.2 Å². The third-order valence-electron chi connectivity index (χ3n) is 5.56. The number of rotatable bonds is 4. The summed E-state index contributed by atoms with van der Waals surface area (Å²) >= 11 is 1.33. The summed E-state index contributed by atoms with van der Waals surface area (Å²) in [5.41, 5.74) is 1.80. The first-order chi connectivity index (χ1) is 14.7. The normalized spacial score (nSPS) is 17.2. The van der Waals surface area contributed by atoms with Crippen molar-refractivity contribution in [3.8, 4) is 10.6 Å². The molecule has 0 radical (unpaired) electrons. The number of likely N-dealkylation sites (tertiary alicyclic amines) is 1. The summed E-state index contributed by atoms with van der Waals surface area (Å²) in [4.78, 5) is 23.6. The molecular weight excluding hydrogens is 427 g/mol. The highest BCUT2D eigenvalue weighted by Gasteiger charge is 2.35. The summed E-state index contributed by atoms with van der Waals surface area (Å²) in [5, 5.41) is 8.79. The molecule has 0 aliphatic carbocycles. The van der Waals surface area contributed by atoms with Crippen LogP contribution in [0.2, 0.25) is 0 Å². The first-order valence-electron chi connectivity index (χ1n) is 10.0. The van der Waals surface area contributed by atoms with Crippen molar-refractivity contribution in [2.24, 2.45) is 0 Å². The second kappa shape index (κ2) is 8.41. The number of carbonyl (C=O) groups excluding carboxylic acids is 1. The lowest BCUT2D eigenvalue weighted by Gasteiger charge is -2.32. The number of carbonyl (C=O) groups is 1. The van der Waals surface area contributed by atoms with E-state index in [1.54, 1.807) is 22.4 Å². The molecule has 0 saturated carbocycles. The van der Waals surface area contributed by atoms with Gasteiger partial charge in [0, 0.05) is 30.3 Å². The van der Waals surface area contributed by atoms with E-state index in [4.69, 9.17) is 0 Å². The highest BCUT2D eigenvalue weighted by molar-refractivity contribution is 7.13. The number of hydrogen-bond donors (Lipinski definition) is 1. The second-order valence-electron chi connectivity index (χ2n) is 7.74. The van der Waals surface area contributed by atoms with E-state index in [9.17, 15) is 18.0 Å². The van der Waals surface area contributed by atoms with Crippen LogP contribution in [0.4, 0.5) is 13.2 Å². The predicted molar refractivity (Wildman–Crippen MR) is 111 cm³/mol. The predicted octanol–water partition coefficient (Wildman–Crippen LogP) is 4.51. The summed E-state index contributed by atoms with van der Waals surface area (Å²) in [5.74, 6) is -0.264. The van der Waals surface area contributed by atoms with Gasteiger partial charge in [-0.25, -0.2) is 9.97 Å². The maximum absolute atomic E-state index is 13.5. The van der Waals surface area contributed by atoms with Crippen LogP contribution in [0.1, 0.15) is 47.2 Å². The topological polar surface area (TPSA) is 74.8 Å². The Morgan fingerprint density at radius 2 is 2.13 bits per heavy atom. The van der Waals surface area contributed by atoms with Gasteiger partial charge in [-0.05, 0) is 44.2 Å². The molecule has 0 unspecified atom stereocenters. The van der Waals surface area contributed by atoms with Gasteiger partial charge in [-0.15, -0.1) is 11.3 Å². The summed E-state index contributed by atoms with van der Waals surface area (Å²) in [6.45, 7) is 4.58. The van der Waals surface area contributed by atoms with Crippen molar-refractivity contribution >= 4 is 17.2 Å². The van der Waals surface area contributed by atoms with Crippen LogP contribution in [0.25, 0.3) is 10.6 Å². The van der Waals surface area contributed by atoms with E-state index in [-0.39, 0.29) is 29.8 Å². The Kier molecular flexibility index (Phi) is 5.83. The van der Waals surface area contributed by atoms with Crippen molar-refractivity contribution < 1.29 is 18.0 Å². The van der Waals surface area contributed by atoms with Gasteiger partial charge in [0.25, 0.3) is 0 Å². The highest BCUT2D eigenvalue weighted by Crippen LogP contribution is 2.34. The smallest absolute Gasteiger partial charge is 0.342 e. The highest BCUT2D eigenvalue weighted by atomic mass is 32.1. The number of nitrogens with one attached hydrogen (secondary N) is 1. The van der Waals surface area contributed by atoms with Gasteiger partial charge in [0.15, 0.2) is 0 Å². The Bertz CT molecular complexity index is 1060. The quantitative estimate of drug-likeness (QED) is 0.636. The number of nitrogens with zero attached hydrogens (tertiary/aromatic N) is 4. The molecule has 3 aromatic heterocycles. The molecule has 1 amide bonds. The average molecular weight is 450 g/mol. The van der Waals surface area contributed by atoms with Crippen molar-refractivity contribution in [2.75, 3.05) is 13.1 Å². The molecular formula is C21H22F3N5OS. The molecule has 1 atom stereocenters. The van der Waals surface area contributed by atoms with Crippen molar-refractivity contribution in [3.05, 3.63) is 52.0 Å². The molecule has 1 N–H and O–H groups in total. The zero-order valence-electron chi connectivity index (χ0n) is 17.2. The number of halogens is 3. The number of aromatic nitrogens is 4. The lowest BCUT2D eigenvalue weighted by Crippen LogP contribution is -2.40. The molecule has 1 aliphatic heterocycles. The molecule has 1 fully saturated rings. The van der Waals surface area contributed by atoms with Gasteiger partial charge in [-0.3, -0.25) is 9.89 Å². The molecule has 164 valence electrons. The number of aromatic amines is 1. The van der Waals surface area contributed by atoms with Gasteiger partial charge in [-0.1, -0.05) is 6.07 Å². The Hall–Kier alpha value is -2.75. The number of thiophene rings is 1. The second-order valence-corrected chi connectivity index (χ2v) is 8.69. The van der Waals surface area contributed by atoms with Crippen LogP contribution in [-0.2, 0) is 17.4 Å². The van der Waals surface area contributed by atoms with Crippen LogP contribution < -0.4 is 0 Å². The van der Waals surface area contributed by atoms with Crippen LogP contribution in [0.3, 0.4) is 0 Å². The molecule has 1 saturated heterocycles. The van der Waals surface area contributed by atoms with Crippen molar-refractivity contribution in [1.29, 1.82) is 0 Å².